The Kier molecular flexibility index (Phi) is 4.01. The molecule has 1 heterocycles. The van der Waals surface area contributed by atoms with Crippen LogP contribution in [0.4, 0.5) is 0 Å². The van der Waals surface area contributed by atoms with Crippen LogP contribution in [-0.4, -0.2) is 15.0 Å². The highest BCUT2D eigenvalue weighted by Crippen LogP contribution is 2.28. The van der Waals surface area contributed by atoms with E-state index in [4.69, 9.17) is 5.73 Å². The highest BCUT2D eigenvalue weighted by Gasteiger charge is 2.17. The number of nitrogens with zero attached hydrogens (tertiary/aromatic N) is 3. The van der Waals surface area contributed by atoms with E-state index in [0.29, 0.717) is 6.54 Å². The predicted molar refractivity (Wildman–Crippen MR) is 93.6 cm³/mol. The first-order chi connectivity index (χ1) is 11.0. The Morgan fingerprint density at radius 2 is 1.70 bits per heavy atom. The van der Waals surface area contributed by atoms with Gasteiger partial charge in [-0.05, 0) is 56.5 Å². The quantitative estimate of drug-likeness (QED) is 0.804. The van der Waals surface area contributed by atoms with Gasteiger partial charge in [0.2, 0.25) is 0 Å². The van der Waals surface area contributed by atoms with Crippen LogP contribution in [0.15, 0.2) is 36.4 Å². The van der Waals surface area contributed by atoms with Gasteiger partial charge in [0.15, 0.2) is 0 Å². The van der Waals surface area contributed by atoms with Gasteiger partial charge in [-0.2, -0.15) is 0 Å². The van der Waals surface area contributed by atoms with E-state index in [-0.39, 0.29) is 0 Å². The largest absolute Gasteiger partial charge is 0.325 e. The molecule has 23 heavy (non-hydrogen) atoms. The summed E-state index contributed by atoms with van der Waals surface area (Å²) in [6.45, 7) is 8.78. The first-order valence-electron chi connectivity index (χ1n) is 7.81. The Bertz CT molecular complexity index is 862. The van der Waals surface area contributed by atoms with Crippen molar-refractivity contribution in [2.45, 2.75) is 34.2 Å². The molecule has 0 aliphatic heterocycles. The molecule has 0 aliphatic rings. The Morgan fingerprint density at radius 3 is 2.35 bits per heavy atom. The number of hydrogen-bond donors (Lipinski definition) is 1. The zero-order chi connectivity index (χ0) is 16.6. The summed E-state index contributed by atoms with van der Waals surface area (Å²) < 4.78 is 1.90. The van der Waals surface area contributed by atoms with E-state index in [9.17, 15) is 0 Å². The molecule has 0 saturated heterocycles. The van der Waals surface area contributed by atoms with Crippen molar-refractivity contribution >= 4 is 0 Å². The highest BCUT2D eigenvalue weighted by atomic mass is 15.4. The minimum absolute atomic E-state index is 0.368. The average Bonchev–Trinajstić information content (AvgIpc) is 2.93. The molecular formula is C19H22N4. The molecule has 4 nitrogen and oxygen atoms in total. The molecule has 0 unspecified atom stereocenters. The van der Waals surface area contributed by atoms with Crippen LogP contribution in [0.25, 0.3) is 16.9 Å². The molecule has 4 heteroatoms. The third-order valence-electron chi connectivity index (χ3n) is 4.29. The lowest BCUT2D eigenvalue weighted by Gasteiger charge is -2.12. The van der Waals surface area contributed by atoms with Crippen molar-refractivity contribution in [3.63, 3.8) is 0 Å². The molecule has 0 atom stereocenters. The third kappa shape index (κ3) is 2.78. The fourth-order valence-electron chi connectivity index (χ4n) is 2.84. The molecule has 0 saturated carbocycles. The molecule has 0 radical (unpaired) electrons. The van der Waals surface area contributed by atoms with Crippen LogP contribution in [0, 0.1) is 27.7 Å². The van der Waals surface area contributed by atoms with Crippen molar-refractivity contribution in [1.29, 1.82) is 0 Å². The predicted octanol–water partition coefficient (Wildman–Crippen LogP) is 3.63. The van der Waals surface area contributed by atoms with Gasteiger partial charge in [0.05, 0.1) is 11.4 Å². The molecule has 0 bridgehead atoms. The van der Waals surface area contributed by atoms with E-state index < -0.39 is 0 Å². The fourth-order valence-corrected chi connectivity index (χ4v) is 2.84. The highest BCUT2D eigenvalue weighted by molar-refractivity contribution is 5.66. The molecule has 118 valence electrons. The van der Waals surface area contributed by atoms with Crippen molar-refractivity contribution in [3.05, 3.63) is 64.3 Å². The second kappa shape index (κ2) is 5.97. The van der Waals surface area contributed by atoms with Gasteiger partial charge in [-0.25, -0.2) is 4.68 Å². The minimum atomic E-state index is 0.368. The first-order valence-corrected chi connectivity index (χ1v) is 7.81. The number of benzene rings is 2. The minimum Gasteiger partial charge on any atom is -0.325 e. The summed E-state index contributed by atoms with van der Waals surface area (Å²) in [5, 5.41) is 8.65. The summed E-state index contributed by atoms with van der Waals surface area (Å²) in [7, 11) is 0. The standard InChI is InChI=1S/C19H22N4/c1-12-5-8-18(15(4)9-12)23-19(17(11-20)21-22-23)16-7-6-13(2)14(3)10-16/h5-10H,11,20H2,1-4H3. The second-order valence-corrected chi connectivity index (χ2v) is 6.09. The van der Waals surface area contributed by atoms with E-state index in [2.05, 4.69) is 74.4 Å². The monoisotopic (exact) mass is 306 g/mol. The fraction of sp³-hybridized carbons (Fsp3) is 0.263. The molecule has 2 aromatic carbocycles. The summed E-state index contributed by atoms with van der Waals surface area (Å²) in [6, 6.07) is 12.8. The van der Waals surface area contributed by atoms with Crippen molar-refractivity contribution in [1.82, 2.24) is 15.0 Å². The molecule has 2 N–H and O–H groups in total. The van der Waals surface area contributed by atoms with E-state index in [0.717, 1.165) is 22.6 Å². The summed E-state index contributed by atoms with van der Waals surface area (Å²) >= 11 is 0. The smallest absolute Gasteiger partial charge is 0.105 e. The molecule has 3 aromatic rings. The van der Waals surface area contributed by atoms with Crippen molar-refractivity contribution in [2.75, 3.05) is 0 Å². The van der Waals surface area contributed by atoms with Crippen molar-refractivity contribution in [2.24, 2.45) is 5.73 Å². The summed E-state index contributed by atoms with van der Waals surface area (Å²) in [6.07, 6.45) is 0. The summed E-state index contributed by atoms with van der Waals surface area (Å²) in [5.74, 6) is 0. The summed E-state index contributed by atoms with van der Waals surface area (Å²) in [5.41, 5.74) is 14.7. The first kappa shape index (κ1) is 15.4. The van der Waals surface area contributed by atoms with Crippen LogP contribution in [0.3, 0.4) is 0 Å². The van der Waals surface area contributed by atoms with E-state index in [1.54, 1.807) is 0 Å². The Labute approximate surface area is 137 Å². The average molecular weight is 306 g/mol. The Balaban J connectivity index is 2.23. The molecule has 3 rings (SSSR count). The Morgan fingerprint density at radius 1 is 0.913 bits per heavy atom. The molecule has 0 fully saturated rings. The zero-order valence-electron chi connectivity index (χ0n) is 14.1. The van der Waals surface area contributed by atoms with Crippen LogP contribution >= 0.6 is 0 Å². The normalized spacial score (nSPS) is 11.0. The van der Waals surface area contributed by atoms with Crippen LogP contribution < -0.4 is 5.73 Å². The number of hydrogen-bond acceptors (Lipinski definition) is 3. The van der Waals surface area contributed by atoms with Gasteiger partial charge in [0, 0.05) is 12.1 Å². The molecular weight excluding hydrogens is 284 g/mol. The SMILES string of the molecule is Cc1ccc(-n2nnc(CN)c2-c2ccc(C)c(C)c2)c(C)c1. The number of aromatic nitrogens is 3. The maximum Gasteiger partial charge on any atom is 0.105 e. The van der Waals surface area contributed by atoms with Gasteiger partial charge in [0.25, 0.3) is 0 Å². The van der Waals surface area contributed by atoms with Gasteiger partial charge < -0.3 is 5.73 Å². The molecule has 1 aromatic heterocycles. The van der Waals surface area contributed by atoms with Gasteiger partial charge in [0.1, 0.15) is 5.69 Å². The van der Waals surface area contributed by atoms with Gasteiger partial charge in [-0.3, -0.25) is 0 Å². The van der Waals surface area contributed by atoms with E-state index >= 15 is 0 Å². The van der Waals surface area contributed by atoms with Crippen molar-refractivity contribution in [3.8, 4) is 16.9 Å². The maximum atomic E-state index is 5.89. The van der Waals surface area contributed by atoms with Gasteiger partial charge in [-0.1, -0.05) is 35.0 Å². The third-order valence-corrected chi connectivity index (χ3v) is 4.29. The van der Waals surface area contributed by atoms with Gasteiger partial charge in [-0.15, -0.1) is 5.10 Å². The van der Waals surface area contributed by atoms with Gasteiger partial charge >= 0.3 is 0 Å². The number of aryl methyl sites for hydroxylation is 4. The lowest BCUT2D eigenvalue weighted by molar-refractivity contribution is 0.795. The second-order valence-electron chi connectivity index (χ2n) is 6.09. The molecule has 0 amide bonds. The lowest BCUT2D eigenvalue weighted by Crippen LogP contribution is -2.04. The molecule has 0 aliphatic carbocycles. The topological polar surface area (TPSA) is 56.7 Å². The summed E-state index contributed by atoms with van der Waals surface area (Å²) in [4.78, 5) is 0. The van der Waals surface area contributed by atoms with Crippen LogP contribution in [0.2, 0.25) is 0 Å². The Hall–Kier alpha value is -2.46. The van der Waals surface area contributed by atoms with Crippen LogP contribution in [0.5, 0.6) is 0 Å². The van der Waals surface area contributed by atoms with Crippen molar-refractivity contribution < 1.29 is 0 Å². The van der Waals surface area contributed by atoms with Crippen LogP contribution in [-0.2, 0) is 6.54 Å². The van der Waals surface area contributed by atoms with E-state index in [1.165, 1.54) is 22.3 Å². The van der Waals surface area contributed by atoms with E-state index in [1.807, 2.05) is 4.68 Å². The lowest BCUT2D eigenvalue weighted by atomic mass is 10.0. The van der Waals surface area contributed by atoms with Crippen LogP contribution in [0.1, 0.15) is 27.9 Å². The zero-order valence-corrected chi connectivity index (χ0v) is 14.1. The maximum absolute atomic E-state index is 5.89. The number of nitrogens with two attached hydrogens (primary N) is 1. The molecule has 0 spiro atoms. The number of rotatable bonds is 3.